The zero-order valence-corrected chi connectivity index (χ0v) is 9.14. The molecule has 0 bridgehead atoms. The quantitative estimate of drug-likeness (QED) is 0.559. The average molecular weight is 170 g/mol. The Balaban J connectivity index is 2.48. The summed E-state index contributed by atoms with van der Waals surface area (Å²) in [5, 5.41) is 0. The highest BCUT2D eigenvalue weighted by atomic mass is 15.3. The van der Waals surface area contributed by atoms with Crippen LogP contribution in [0, 0.1) is 11.8 Å². The van der Waals surface area contributed by atoms with Crippen LogP contribution in [0.15, 0.2) is 0 Å². The number of nitrogens with zero attached hydrogens (tertiary/aromatic N) is 1. The number of likely N-dealkylation sites (tertiary alicyclic amines) is 1. The smallest absolute Gasteiger partial charge is 0.0813 e. The molecule has 0 spiro atoms. The molecule has 0 saturated carbocycles. The summed E-state index contributed by atoms with van der Waals surface area (Å²) in [4.78, 5) is 0. The van der Waals surface area contributed by atoms with Crippen LogP contribution in [0.4, 0.5) is 0 Å². The second-order valence-electron chi connectivity index (χ2n) is 4.99. The third-order valence-corrected chi connectivity index (χ3v) is 3.59. The lowest BCUT2D eigenvalue weighted by Crippen LogP contribution is -2.52. The molecule has 0 aromatic carbocycles. The predicted molar refractivity (Wildman–Crippen MR) is 54.0 cm³/mol. The largest absolute Gasteiger partial charge is 0.326 e. The summed E-state index contributed by atoms with van der Waals surface area (Å²) in [6.07, 6.45) is 2.76. The summed E-state index contributed by atoms with van der Waals surface area (Å²) < 4.78 is 1.32. The van der Waals surface area contributed by atoms with Crippen molar-refractivity contribution in [2.75, 3.05) is 26.7 Å². The van der Waals surface area contributed by atoms with Crippen LogP contribution in [0.25, 0.3) is 0 Å². The molecule has 1 rings (SSSR count). The van der Waals surface area contributed by atoms with Gasteiger partial charge in [-0.3, -0.25) is 0 Å². The molecule has 1 aliphatic rings. The molecule has 0 aromatic rings. The van der Waals surface area contributed by atoms with Gasteiger partial charge in [0.25, 0.3) is 0 Å². The summed E-state index contributed by atoms with van der Waals surface area (Å²) in [5.74, 6) is 1.88. The van der Waals surface area contributed by atoms with E-state index < -0.39 is 0 Å². The SMILES string of the molecule is CCC[N+]1(C)CCC(C)C(C)C1. The van der Waals surface area contributed by atoms with Gasteiger partial charge in [-0.1, -0.05) is 20.8 Å². The topological polar surface area (TPSA) is 0 Å². The lowest BCUT2D eigenvalue weighted by molar-refractivity contribution is -0.918. The van der Waals surface area contributed by atoms with E-state index in [1.807, 2.05) is 0 Å². The van der Waals surface area contributed by atoms with Gasteiger partial charge in [-0.15, -0.1) is 0 Å². The van der Waals surface area contributed by atoms with Gasteiger partial charge in [0.1, 0.15) is 0 Å². The molecule has 72 valence electrons. The highest BCUT2D eigenvalue weighted by Gasteiger charge is 2.32. The van der Waals surface area contributed by atoms with E-state index in [1.54, 1.807) is 0 Å². The molecule has 1 saturated heterocycles. The number of hydrogen-bond donors (Lipinski definition) is 0. The molecule has 1 nitrogen and oxygen atoms in total. The first-order valence-corrected chi connectivity index (χ1v) is 5.41. The molecule has 0 N–H and O–H groups in total. The molecule has 0 radical (unpaired) electrons. The summed E-state index contributed by atoms with van der Waals surface area (Å²) in [6, 6.07) is 0. The molecule has 3 atom stereocenters. The van der Waals surface area contributed by atoms with Gasteiger partial charge < -0.3 is 4.48 Å². The van der Waals surface area contributed by atoms with Gasteiger partial charge in [-0.2, -0.15) is 0 Å². The van der Waals surface area contributed by atoms with E-state index in [0.29, 0.717) is 0 Å². The van der Waals surface area contributed by atoms with Crippen molar-refractivity contribution in [1.29, 1.82) is 0 Å². The van der Waals surface area contributed by atoms with Gasteiger partial charge in [0.15, 0.2) is 0 Å². The second kappa shape index (κ2) is 3.78. The van der Waals surface area contributed by atoms with Crippen molar-refractivity contribution in [2.45, 2.75) is 33.6 Å². The highest BCUT2D eigenvalue weighted by Crippen LogP contribution is 2.26. The van der Waals surface area contributed by atoms with E-state index in [-0.39, 0.29) is 0 Å². The summed E-state index contributed by atoms with van der Waals surface area (Å²) in [5.41, 5.74) is 0. The van der Waals surface area contributed by atoms with Crippen molar-refractivity contribution in [2.24, 2.45) is 11.8 Å². The first kappa shape index (κ1) is 10.0. The van der Waals surface area contributed by atoms with Gasteiger partial charge in [-0.25, -0.2) is 0 Å². The fourth-order valence-corrected chi connectivity index (χ4v) is 2.51. The highest BCUT2D eigenvalue weighted by molar-refractivity contribution is 4.66. The lowest BCUT2D eigenvalue weighted by Gasteiger charge is -2.43. The third-order valence-electron chi connectivity index (χ3n) is 3.59. The van der Waals surface area contributed by atoms with E-state index in [1.165, 1.54) is 37.0 Å². The molecule has 0 amide bonds. The summed E-state index contributed by atoms with van der Waals surface area (Å²) in [6.45, 7) is 11.3. The van der Waals surface area contributed by atoms with Crippen molar-refractivity contribution >= 4 is 0 Å². The molecular formula is C11H24N+. The zero-order chi connectivity index (χ0) is 9.19. The van der Waals surface area contributed by atoms with E-state index in [9.17, 15) is 0 Å². The van der Waals surface area contributed by atoms with Gasteiger partial charge in [0.2, 0.25) is 0 Å². The van der Waals surface area contributed by atoms with E-state index in [2.05, 4.69) is 27.8 Å². The normalized spacial score (nSPS) is 43.0. The average Bonchev–Trinajstić information content (AvgIpc) is 1.98. The van der Waals surface area contributed by atoms with Crippen molar-refractivity contribution in [3.8, 4) is 0 Å². The molecular weight excluding hydrogens is 146 g/mol. The van der Waals surface area contributed by atoms with Gasteiger partial charge >= 0.3 is 0 Å². The number of hydrogen-bond acceptors (Lipinski definition) is 0. The van der Waals surface area contributed by atoms with Crippen molar-refractivity contribution in [3.05, 3.63) is 0 Å². The monoisotopic (exact) mass is 170 g/mol. The Kier molecular flexibility index (Phi) is 3.16. The Bertz CT molecular complexity index is 144. The molecule has 12 heavy (non-hydrogen) atoms. The molecule has 1 heterocycles. The molecule has 1 heteroatoms. The minimum Gasteiger partial charge on any atom is -0.326 e. The lowest BCUT2D eigenvalue weighted by atomic mass is 9.87. The summed E-state index contributed by atoms with van der Waals surface area (Å²) >= 11 is 0. The second-order valence-corrected chi connectivity index (χ2v) is 4.99. The van der Waals surface area contributed by atoms with Crippen LogP contribution in [-0.4, -0.2) is 31.2 Å². The fourth-order valence-electron chi connectivity index (χ4n) is 2.51. The molecule has 0 aromatic heterocycles. The van der Waals surface area contributed by atoms with Gasteiger partial charge in [0, 0.05) is 5.92 Å². The van der Waals surface area contributed by atoms with E-state index in [4.69, 9.17) is 0 Å². The minimum atomic E-state index is 0.926. The molecule has 0 aliphatic carbocycles. The number of rotatable bonds is 2. The van der Waals surface area contributed by atoms with Crippen LogP contribution >= 0.6 is 0 Å². The Morgan fingerprint density at radius 2 is 1.92 bits per heavy atom. The molecule has 3 unspecified atom stereocenters. The molecule has 1 aliphatic heterocycles. The first-order chi connectivity index (χ1) is 5.57. The van der Waals surface area contributed by atoms with Crippen molar-refractivity contribution in [3.63, 3.8) is 0 Å². The summed E-state index contributed by atoms with van der Waals surface area (Å²) in [7, 11) is 2.42. The molecule has 1 fully saturated rings. The Labute approximate surface area is 77.4 Å². The van der Waals surface area contributed by atoms with Crippen LogP contribution in [0.3, 0.4) is 0 Å². The maximum atomic E-state index is 2.42. The Morgan fingerprint density at radius 3 is 2.42 bits per heavy atom. The minimum absolute atomic E-state index is 0.926. The Hall–Kier alpha value is -0.0400. The maximum absolute atomic E-state index is 2.42. The van der Waals surface area contributed by atoms with Crippen LogP contribution in [0.2, 0.25) is 0 Å². The van der Waals surface area contributed by atoms with Crippen molar-refractivity contribution in [1.82, 2.24) is 0 Å². The van der Waals surface area contributed by atoms with E-state index in [0.717, 1.165) is 11.8 Å². The van der Waals surface area contributed by atoms with Crippen LogP contribution in [-0.2, 0) is 0 Å². The van der Waals surface area contributed by atoms with E-state index >= 15 is 0 Å². The van der Waals surface area contributed by atoms with Crippen LogP contribution in [0.1, 0.15) is 33.6 Å². The standard InChI is InChI=1S/C11H24N/c1-5-7-12(4)8-6-10(2)11(3)9-12/h10-11H,5-9H2,1-4H3/q+1. The number of quaternary nitrogens is 1. The first-order valence-electron chi connectivity index (χ1n) is 5.41. The van der Waals surface area contributed by atoms with Crippen LogP contribution in [0.5, 0.6) is 0 Å². The maximum Gasteiger partial charge on any atom is 0.0813 e. The van der Waals surface area contributed by atoms with Gasteiger partial charge in [0.05, 0.1) is 26.7 Å². The number of piperidine rings is 1. The van der Waals surface area contributed by atoms with Gasteiger partial charge in [-0.05, 0) is 18.8 Å². The fraction of sp³-hybridized carbons (Fsp3) is 1.00. The Morgan fingerprint density at radius 1 is 1.25 bits per heavy atom. The van der Waals surface area contributed by atoms with Crippen LogP contribution < -0.4 is 0 Å². The predicted octanol–water partition coefficient (Wildman–Crippen LogP) is 2.52. The third kappa shape index (κ3) is 2.22. The van der Waals surface area contributed by atoms with Crippen molar-refractivity contribution < 1.29 is 4.48 Å². The zero-order valence-electron chi connectivity index (χ0n) is 9.14.